The number of urea groups is 1. The molecule has 7 nitrogen and oxygen atoms in total. The van der Waals surface area contributed by atoms with Crippen LogP contribution in [0.2, 0.25) is 0 Å². The van der Waals surface area contributed by atoms with Gasteiger partial charge in [-0.1, -0.05) is 30.3 Å². The highest BCUT2D eigenvalue weighted by Crippen LogP contribution is 2.38. The van der Waals surface area contributed by atoms with Gasteiger partial charge in [-0.25, -0.2) is 19.6 Å². The van der Waals surface area contributed by atoms with Gasteiger partial charge in [-0.05, 0) is 19.8 Å². The second-order valence-corrected chi connectivity index (χ2v) is 7.60. The minimum Gasteiger partial charge on any atom is -0.465 e. The molecule has 28 heavy (non-hydrogen) atoms. The van der Waals surface area contributed by atoms with Gasteiger partial charge in [0.25, 0.3) is 0 Å². The molecule has 0 bridgehead atoms. The minimum atomic E-state index is -0.500. The number of nitrogens with zero attached hydrogens (tertiary/aromatic N) is 3. The number of methoxy groups -OCH3 is 1. The van der Waals surface area contributed by atoms with Crippen molar-refractivity contribution in [3.8, 4) is 11.4 Å². The zero-order valence-electron chi connectivity index (χ0n) is 15.7. The number of esters is 1. The van der Waals surface area contributed by atoms with Crippen molar-refractivity contribution in [2.45, 2.75) is 19.8 Å². The Kier molecular flexibility index (Phi) is 4.95. The molecule has 0 saturated carbocycles. The van der Waals surface area contributed by atoms with Gasteiger partial charge < -0.3 is 15.0 Å². The van der Waals surface area contributed by atoms with E-state index < -0.39 is 5.97 Å². The number of benzene rings is 1. The highest BCUT2D eigenvalue weighted by atomic mass is 32.1. The van der Waals surface area contributed by atoms with E-state index in [1.807, 2.05) is 37.3 Å². The maximum Gasteiger partial charge on any atom is 0.350 e. The third-order valence-electron chi connectivity index (χ3n) is 4.76. The van der Waals surface area contributed by atoms with Crippen LogP contribution in [0, 0.1) is 6.92 Å². The molecule has 3 aromatic rings. The number of carbonyl (C=O) groups is 2. The molecule has 8 heteroatoms. The number of hydrogen-bond acceptors (Lipinski definition) is 6. The molecule has 0 unspecified atom stereocenters. The summed E-state index contributed by atoms with van der Waals surface area (Å²) in [5.41, 5.74) is 2.02. The molecule has 144 valence electrons. The number of anilines is 1. The molecule has 0 atom stereocenters. The molecule has 4 rings (SSSR count). The maximum absolute atomic E-state index is 12.6. The normalized spacial score (nSPS) is 13.7. The van der Waals surface area contributed by atoms with Crippen molar-refractivity contribution in [3.63, 3.8) is 0 Å². The third kappa shape index (κ3) is 3.31. The fourth-order valence-corrected chi connectivity index (χ4v) is 4.45. The first-order valence-corrected chi connectivity index (χ1v) is 9.91. The van der Waals surface area contributed by atoms with Crippen LogP contribution >= 0.6 is 11.3 Å². The molecule has 2 amide bonds. The Hall–Kier alpha value is -3.00. The predicted octanol–water partition coefficient (Wildman–Crippen LogP) is 4.08. The third-order valence-corrected chi connectivity index (χ3v) is 5.82. The van der Waals surface area contributed by atoms with Crippen molar-refractivity contribution >= 4 is 39.2 Å². The number of hydrogen-bond donors (Lipinski definition) is 1. The van der Waals surface area contributed by atoms with E-state index in [0.29, 0.717) is 32.3 Å². The molecule has 3 heterocycles. The lowest BCUT2D eigenvalue weighted by molar-refractivity contribution is 0.0607. The number of ether oxygens (including phenoxy) is 1. The van der Waals surface area contributed by atoms with Crippen LogP contribution in [-0.2, 0) is 4.74 Å². The zero-order chi connectivity index (χ0) is 19.7. The van der Waals surface area contributed by atoms with Crippen LogP contribution in [0.5, 0.6) is 0 Å². The maximum atomic E-state index is 12.6. The number of aryl methyl sites for hydroxylation is 1. The van der Waals surface area contributed by atoms with Gasteiger partial charge >= 0.3 is 12.0 Å². The summed E-state index contributed by atoms with van der Waals surface area (Å²) in [6, 6.07) is 9.44. The average molecular weight is 396 g/mol. The van der Waals surface area contributed by atoms with Gasteiger partial charge in [-0.2, -0.15) is 0 Å². The number of rotatable bonds is 3. The molecular formula is C20H20N4O3S. The van der Waals surface area contributed by atoms with E-state index in [1.54, 1.807) is 4.90 Å². The monoisotopic (exact) mass is 396 g/mol. The van der Waals surface area contributed by atoms with Gasteiger partial charge in [-0.15, -0.1) is 11.3 Å². The molecule has 1 aliphatic heterocycles. The quantitative estimate of drug-likeness (QED) is 0.674. The van der Waals surface area contributed by atoms with Gasteiger partial charge in [-0.3, -0.25) is 0 Å². The van der Waals surface area contributed by atoms with Gasteiger partial charge in [0.05, 0.1) is 23.9 Å². The van der Waals surface area contributed by atoms with Crippen molar-refractivity contribution in [1.29, 1.82) is 0 Å². The van der Waals surface area contributed by atoms with Crippen LogP contribution in [-0.4, -0.2) is 47.1 Å². The number of nitrogens with one attached hydrogen (secondary N) is 1. The predicted molar refractivity (Wildman–Crippen MR) is 109 cm³/mol. The highest BCUT2D eigenvalue weighted by Gasteiger charge is 2.26. The molecule has 0 spiro atoms. The fraction of sp³-hybridized carbons (Fsp3) is 0.300. The van der Waals surface area contributed by atoms with Crippen molar-refractivity contribution in [2.75, 3.05) is 25.5 Å². The van der Waals surface area contributed by atoms with E-state index in [9.17, 15) is 9.59 Å². The van der Waals surface area contributed by atoms with Crippen LogP contribution in [0.25, 0.3) is 21.6 Å². The van der Waals surface area contributed by atoms with Gasteiger partial charge in [0.15, 0.2) is 5.82 Å². The summed E-state index contributed by atoms with van der Waals surface area (Å²) in [7, 11) is 1.33. The lowest BCUT2D eigenvalue weighted by Crippen LogP contribution is -2.32. The van der Waals surface area contributed by atoms with E-state index in [1.165, 1.54) is 18.4 Å². The van der Waals surface area contributed by atoms with Crippen molar-refractivity contribution in [3.05, 3.63) is 40.9 Å². The van der Waals surface area contributed by atoms with Gasteiger partial charge in [0, 0.05) is 18.7 Å². The standard InChI is InChI=1S/C20H20N4O3S/c1-12-14-15(22-20(26)24-10-6-7-11-24)16(19(25)27-2)28-18(14)23-17(21-12)13-8-4-3-5-9-13/h3-5,8-9H,6-7,10-11H2,1-2H3,(H,22,26). The first-order chi connectivity index (χ1) is 13.6. The number of likely N-dealkylation sites (tertiary alicyclic amines) is 1. The molecule has 1 saturated heterocycles. The molecular weight excluding hydrogens is 376 g/mol. The molecule has 1 N–H and O–H groups in total. The fourth-order valence-electron chi connectivity index (χ4n) is 3.35. The van der Waals surface area contributed by atoms with Crippen molar-refractivity contribution < 1.29 is 14.3 Å². The summed E-state index contributed by atoms with van der Waals surface area (Å²) in [6.07, 6.45) is 1.98. The number of fused-ring (bicyclic) bond motifs is 1. The average Bonchev–Trinajstić information content (AvgIpc) is 3.37. The second kappa shape index (κ2) is 7.55. The summed E-state index contributed by atoms with van der Waals surface area (Å²) in [4.78, 5) is 37.0. The Morgan fingerprint density at radius 3 is 2.54 bits per heavy atom. The number of amides is 2. The number of carbonyl (C=O) groups excluding carboxylic acids is 2. The van der Waals surface area contributed by atoms with Crippen LogP contribution in [0.15, 0.2) is 30.3 Å². The van der Waals surface area contributed by atoms with E-state index in [0.717, 1.165) is 31.5 Å². The largest absolute Gasteiger partial charge is 0.465 e. The molecule has 2 aromatic heterocycles. The van der Waals surface area contributed by atoms with Gasteiger partial charge in [0.2, 0.25) is 0 Å². The van der Waals surface area contributed by atoms with E-state index in [4.69, 9.17) is 4.74 Å². The number of thiophene rings is 1. The second-order valence-electron chi connectivity index (χ2n) is 6.60. The van der Waals surface area contributed by atoms with Crippen LogP contribution in [0.1, 0.15) is 28.2 Å². The summed E-state index contributed by atoms with van der Waals surface area (Å²) < 4.78 is 4.93. The minimum absolute atomic E-state index is 0.214. The summed E-state index contributed by atoms with van der Waals surface area (Å²) >= 11 is 1.21. The van der Waals surface area contributed by atoms with Crippen LogP contribution in [0.4, 0.5) is 10.5 Å². The molecule has 0 aliphatic carbocycles. The zero-order valence-corrected chi connectivity index (χ0v) is 16.5. The van der Waals surface area contributed by atoms with Gasteiger partial charge in [0.1, 0.15) is 9.71 Å². The summed E-state index contributed by atoms with van der Waals surface area (Å²) in [6.45, 7) is 3.29. The van der Waals surface area contributed by atoms with E-state index in [-0.39, 0.29) is 6.03 Å². The Labute approximate surface area is 166 Å². The first-order valence-electron chi connectivity index (χ1n) is 9.09. The molecule has 0 radical (unpaired) electrons. The smallest absolute Gasteiger partial charge is 0.350 e. The molecule has 1 fully saturated rings. The van der Waals surface area contributed by atoms with Crippen LogP contribution in [0.3, 0.4) is 0 Å². The van der Waals surface area contributed by atoms with Crippen molar-refractivity contribution in [2.24, 2.45) is 0 Å². The summed E-state index contributed by atoms with van der Waals surface area (Å²) in [5.74, 6) is 0.0843. The SMILES string of the molecule is COC(=O)c1sc2nc(-c3ccccc3)nc(C)c2c1NC(=O)N1CCCC1. The lowest BCUT2D eigenvalue weighted by atomic mass is 10.2. The Morgan fingerprint density at radius 1 is 1.14 bits per heavy atom. The molecule has 1 aliphatic rings. The lowest BCUT2D eigenvalue weighted by Gasteiger charge is -2.16. The Bertz CT molecular complexity index is 1040. The van der Waals surface area contributed by atoms with E-state index >= 15 is 0 Å². The first kappa shape index (κ1) is 18.4. The highest BCUT2D eigenvalue weighted by molar-refractivity contribution is 7.21. The number of aromatic nitrogens is 2. The Balaban J connectivity index is 1.82. The molecule has 1 aromatic carbocycles. The van der Waals surface area contributed by atoms with Crippen LogP contribution < -0.4 is 5.32 Å². The topological polar surface area (TPSA) is 84.4 Å². The Morgan fingerprint density at radius 2 is 1.86 bits per heavy atom. The van der Waals surface area contributed by atoms with E-state index in [2.05, 4.69) is 15.3 Å². The summed E-state index contributed by atoms with van der Waals surface area (Å²) in [5, 5.41) is 3.59. The van der Waals surface area contributed by atoms with Crippen molar-refractivity contribution in [1.82, 2.24) is 14.9 Å².